The van der Waals surface area contributed by atoms with E-state index in [2.05, 4.69) is 42.8 Å². The molecule has 0 radical (unpaired) electrons. The van der Waals surface area contributed by atoms with Crippen molar-refractivity contribution in [2.24, 2.45) is 0 Å². The van der Waals surface area contributed by atoms with E-state index in [0.717, 1.165) is 18.8 Å². The van der Waals surface area contributed by atoms with Crippen molar-refractivity contribution in [2.75, 3.05) is 37.3 Å². The molecule has 1 aromatic rings. The first-order valence-electron chi connectivity index (χ1n) is 6.93. The monoisotopic (exact) mass is 247 g/mol. The summed E-state index contributed by atoms with van der Waals surface area (Å²) >= 11 is 0. The summed E-state index contributed by atoms with van der Waals surface area (Å²) in [6.45, 7) is 7.94. The van der Waals surface area contributed by atoms with Gasteiger partial charge in [-0.3, -0.25) is 0 Å². The van der Waals surface area contributed by atoms with Crippen molar-refractivity contribution in [3.63, 3.8) is 0 Å². The van der Waals surface area contributed by atoms with Gasteiger partial charge in [0.15, 0.2) is 0 Å². The van der Waals surface area contributed by atoms with Crippen molar-refractivity contribution in [1.29, 1.82) is 0 Å². The maximum Gasteiger partial charge on any atom is 0.0414 e. The molecule has 1 unspecified atom stereocenters. The Morgan fingerprint density at radius 2 is 2.11 bits per heavy atom. The standard InChI is InChI=1S/C15H25N3/c1-4-14-11-17(3)8-5-9-18(14)15-7-6-13(16)10-12(15)2/h6-7,10,14H,4-5,8-9,11,16H2,1-3H3. The summed E-state index contributed by atoms with van der Waals surface area (Å²) in [5, 5.41) is 0. The predicted octanol–water partition coefficient (Wildman–Crippen LogP) is 2.50. The van der Waals surface area contributed by atoms with Gasteiger partial charge in [0, 0.05) is 30.5 Å². The molecule has 100 valence electrons. The third-order valence-corrected chi connectivity index (χ3v) is 3.90. The lowest BCUT2D eigenvalue weighted by molar-refractivity contribution is 0.328. The van der Waals surface area contributed by atoms with E-state index in [-0.39, 0.29) is 0 Å². The molecule has 18 heavy (non-hydrogen) atoms. The maximum atomic E-state index is 5.85. The molecule has 0 bridgehead atoms. The summed E-state index contributed by atoms with van der Waals surface area (Å²) in [5.74, 6) is 0. The predicted molar refractivity (Wildman–Crippen MR) is 79.1 cm³/mol. The maximum absolute atomic E-state index is 5.85. The molecule has 1 heterocycles. The van der Waals surface area contributed by atoms with Crippen LogP contribution in [0.1, 0.15) is 25.3 Å². The van der Waals surface area contributed by atoms with Crippen LogP contribution in [0.5, 0.6) is 0 Å². The summed E-state index contributed by atoms with van der Waals surface area (Å²) in [6, 6.07) is 6.89. The lowest BCUT2D eigenvalue weighted by atomic mass is 10.1. The molecule has 1 aliphatic heterocycles. The Hall–Kier alpha value is -1.22. The van der Waals surface area contributed by atoms with Crippen LogP contribution >= 0.6 is 0 Å². The molecule has 2 N–H and O–H groups in total. The van der Waals surface area contributed by atoms with Gasteiger partial charge in [-0.2, -0.15) is 0 Å². The fraction of sp³-hybridized carbons (Fsp3) is 0.600. The largest absolute Gasteiger partial charge is 0.399 e. The highest BCUT2D eigenvalue weighted by Crippen LogP contribution is 2.26. The van der Waals surface area contributed by atoms with Gasteiger partial charge < -0.3 is 15.5 Å². The van der Waals surface area contributed by atoms with Gasteiger partial charge in [0.05, 0.1) is 0 Å². The molecule has 0 saturated carbocycles. The Morgan fingerprint density at radius 1 is 1.33 bits per heavy atom. The van der Waals surface area contributed by atoms with Gasteiger partial charge in [0.2, 0.25) is 0 Å². The molecule has 0 aromatic heterocycles. The van der Waals surface area contributed by atoms with Crippen LogP contribution in [0.4, 0.5) is 11.4 Å². The summed E-state index contributed by atoms with van der Waals surface area (Å²) in [4.78, 5) is 5.01. The number of hydrogen-bond donors (Lipinski definition) is 1. The smallest absolute Gasteiger partial charge is 0.0414 e. The van der Waals surface area contributed by atoms with Crippen molar-refractivity contribution in [3.8, 4) is 0 Å². The van der Waals surface area contributed by atoms with Crippen molar-refractivity contribution in [3.05, 3.63) is 23.8 Å². The quantitative estimate of drug-likeness (QED) is 0.815. The van der Waals surface area contributed by atoms with E-state index in [1.807, 2.05) is 6.07 Å². The molecule has 1 aliphatic rings. The van der Waals surface area contributed by atoms with E-state index in [1.165, 1.54) is 30.6 Å². The van der Waals surface area contributed by atoms with Crippen molar-refractivity contribution >= 4 is 11.4 Å². The zero-order chi connectivity index (χ0) is 13.1. The molecule has 3 heteroatoms. The van der Waals surface area contributed by atoms with E-state index >= 15 is 0 Å². The van der Waals surface area contributed by atoms with Crippen LogP contribution in [0.2, 0.25) is 0 Å². The molecule has 0 amide bonds. The van der Waals surface area contributed by atoms with Crippen LogP contribution in [0.3, 0.4) is 0 Å². The fourth-order valence-electron chi connectivity index (χ4n) is 2.91. The van der Waals surface area contributed by atoms with Crippen LogP contribution in [0.15, 0.2) is 18.2 Å². The van der Waals surface area contributed by atoms with E-state index in [9.17, 15) is 0 Å². The van der Waals surface area contributed by atoms with E-state index in [0.29, 0.717) is 6.04 Å². The Labute approximate surface area is 111 Å². The number of nitrogen functional groups attached to an aromatic ring is 1. The molecule has 1 aromatic carbocycles. The topological polar surface area (TPSA) is 32.5 Å². The number of benzene rings is 1. The van der Waals surface area contributed by atoms with Crippen LogP contribution in [-0.4, -0.2) is 37.6 Å². The average molecular weight is 247 g/mol. The molecule has 0 spiro atoms. The zero-order valence-electron chi connectivity index (χ0n) is 11.8. The first-order chi connectivity index (χ1) is 8.61. The number of rotatable bonds is 2. The van der Waals surface area contributed by atoms with Gasteiger partial charge in [0.1, 0.15) is 0 Å². The van der Waals surface area contributed by atoms with Gasteiger partial charge in [-0.15, -0.1) is 0 Å². The second kappa shape index (κ2) is 5.61. The van der Waals surface area contributed by atoms with E-state index in [4.69, 9.17) is 5.73 Å². The minimum atomic E-state index is 0.611. The zero-order valence-corrected chi connectivity index (χ0v) is 11.8. The highest BCUT2D eigenvalue weighted by molar-refractivity contribution is 5.59. The van der Waals surface area contributed by atoms with Crippen molar-refractivity contribution in [2.45, 2.75) is 32.7 Å². The molecular formula is C15H25N3. The lowest BCUT2D eigenvalue weighted by Crippen LogP contribution is -2.40. The van der Waals surface area contributed by atoms with Crippen LogP contribution in [-0.2, 0) is 0 Å². The first-order valence-corrected chi connectivity index (χ1v) is 6.93. The second-order valence-electron chi connectivity index (χ2n) is 5.42. The fourth-order valence-corrected chi connectivity index (χ4v) is 2.91. The summed E-state index contributed by atoms with van der Waals surface area (Å²) < 4.78 is 0. The number of nitrogens with two attached hydrogens (primary N) is 1. The Balaban J connectivity index is 2.28. The number of likely N-dealkylation sites (N-methyl/N-ethyl adjacent to an activating group) is 1. The summed E-state index contributed by atoms with van der Waals surface area (Å²) in [6.07, 6.45) is 2.42. The SMILES string of the molecule is CCC1CN(C)CCCN1c1ccc(N)cc1C. The van der Waals surface area contributed by atoms with Gasteiger partial charge in [-0.1, -0.05) is 6.92 Å². The minimum Gasteiger partial charge on any atom is -0.399 e. The molecule has 0 aliphatic carbocycles. The Kier molecular flexibility index (Phi) is 4.12. The number of aryl methyl sites for hydroxylation is 1. The first kappa shape index (κ1) is 13.2. The molecule has 1 fully saturated rings. The number of anilines is 2. The third kappa shape index (κ3) is 2.78. The number of hydrogen-bond acceptors (Lipinski definition) is 3. The third-order valence-electron chi connectivity index (χ3n) is 3.90. The van der Waals surface area contributed by atoms with Crippen molar-refractivity contribution in [1.82, 2.24) is 4.90 Å². The highest BCUT2D eigenvalue weighted by atomic mass is 15.2. The lowest BCUT2D eigenvalue weighted by Gasteiger charge is -2.33. The van der Waals surface area contributed by atoms with E-state index < -0.39 is 0 Å². The average Bonchev–Trinajstić information content (AvgIpc) is 2.51. The molecular weight excluding hydrogens is 222 g/mol. The Morgan fingerprint density at radius 3 is 2.78 bits per heavy atom. The summed E-state index contributed by atoms with van der Waals surface area (Å²) in [7, 11) is 2.22. The highest BCUT2D eigenvalue weighted by Gasteiger charge is 2.23. The van der Waals surface area contributed by atoms with Gasteiger partial charge >= 0.3 is 0 Å². The molecule has 1 atom stereocenters. The van der Waals surface area contributed by atoms with Crippen LogP contribution in [0.25, 0.3) is 0 Å². The molecule has 2 rings (SSSR count). The van der Waals surface area contributed by atoms with Crippen LogP contribution in [0, 0.1) is 6.92 Å². The summed E-state index contributed by atoms with van der Waals surface area (Å²) in [5.41, 5.74) is 9.35. The Bertz CT molecular complexity index is 403. The van der Waals surface area contributed by atoms with Gasteiger partial charge in [-0.25, -0.2) is 0 Å². The van der Waals surface area contributed by atoms with Crippen LogP contribution < -0.4 is 10.6 Å². The second-order valence-corrected chi connectivity index (χ2v) is 5.42. The normalized spacial score (nSPS) is 21.9. The molecule has 1 saturated heterocycles. The minimum absolute atomic E-state index is 0.611. The van der Waals surface area contributed by atoms with Crippen molar-refractivity contribution < 1.29 is 0 Å². The number of nitrogens with zero attached hydrogens (tertiary/aromatic N) is 2. The molecule has 3 nitrogen and oxygen atoms in total. The van der Waals surface area contributed by atoms with E-state index in [1.54, 1.807) is 0 Å². The van der Waals surface area contributed by atoms with Gasteiger partial charge in [0.25, 0.3) is 0 Å². The van der Waals surface area contributed by atoms with Gasteiger partial charge in [-0.05, 0) is 57.1 Å².